The van der Waals surface area contributed by atoms with Gasteiger partial charge in [0, 0.05) is 25.0 Å². The molecule has 1 aliphatic rings. The van der Waals surface area contributed by atoms with E-state index in [0.717, 1.165) is 0 Å². The van der Waals surface area contributed by atoms with Crippen molar-refractivity contribution >= 4 is 31.5 Å². The number of sulfone groups is 1. The van der Waals surface area contributed by atoms with Gasteiger partial charge in [0.25, 0.3) is 0 Å². The van der Waals surface area contributed by atoms with Crippen molar-refractivity contribution in [1.82, 2.24) is 9.29 Å². The molecule has 1 aliphatic heterocycles. The number of nitrogens with zero attached hydrogens (tertiary/aromatic N) is 1. The largest absolute Gasteiger partial charge is 0.363 e. The number of hydrogen-bond acceptors (Lipinski definition) is 4. The minimum absolute atomic E-state index is 0.00601. The van der Waals surface area contributed by atoms with Crippen LogP contribution in [0.1, 0.15) is 12.1 Å². The van der Waals surface area contributed by atoms with Gasteiger partial charge in [-0.1, -0.05) is 0 Å². The van der Waals surface area contributed by atoms with Gasteiger partial charge in [0.1, 0.15) is 0 Å². The zero-order chi connectivity index (χ0) is 14.1. The Morgan fingerprint density at radius 2 is 2.05 bits per heavy atom. The molecular weight excluding hydrogens is 312 g/mol. The Labute approximate surface area is 117 Å². The Bertz CT molecular complexity index is 651. The van der Waals surface area contributed by atoms with Gasteiger partial charge in [0.15, 0.2) is 9.84 Å². The molecule has 6 nitrogen and oxygen atoms in total. The van der Waals surface area contributed by atoms with E-state index in [9.17, 15) is 16.8 Å². The molecule has 0 saturated carbocycles. The van der Waals surface area contributed by atoms with Crippen LogP contribution in [0.4, 0.5) is 0 Å². The predicted molar refractivity (Wildman–Crippen MR) is 72.4 cm³/mol. The first-order valence-electron chi connectivity index (χ1n) is 5.79. The fraction of sp³-hybridized carbons (Fsp3) is 0.600. The van der Waals surface area contributed by atoms with Crippen LogP contribution in [0.5, 0.6) is 0 Å². The van der Waals surface area contributed by atoms with Crippen molar-refractivity contribution in [2.24, 2.45) is 0 Å². The summed E-state index contributed by atoms with van der Waals surface area (Å²) >= 11 is 5.62. The van der Waals surface area contributed by atoms with Crippen LogP contribution in [0.25, 0.3) is 0 Å². The fourth-order valence-electron chi connectivity index (χ4n) is 1.95. The number of aromatic amines is 1. The van der Waals surface area contributed by atoms with Gasteiger partial charge in [-0.15, -0.1) is 11.6 Å². The standard InChI is InChI=1S/C10H15ClN2O4S2/c11-7-9-6-10(8-12-9)19(16,17)13-2-1-4-18(14,15)5-3-13/h6,8,12H,1-5,7H2. The van der Waals surface area contributed by atoms with E-state index in [2.05, 4.69) is 4.98 Å². The third kappa shape index (κ3) is 3.31. The summed E-state index contributed by atoms with van der Waals surface area (Å²) in [5, 5.41) is 0. The van der Waals surface area contributed by atoms with Gasteiger partial charge in [-0.05, 0) is 12.5 Å². The van der Waals surface area contributed by atoms with E-state index in [1.54, 1.807) is 0 Å². The maximum Gasteiger partial charge on any atom is 0.244 e. The van der Waals surface area contributed by atoms with Crippen molar-refractivity contribution in [3.8, 4) is 0 Å². The molecule has 1 aromatic heterocycles. The first kappa shape index (κ1) is 14.8. The molecule has 0 amide bonds. The lowest BCUT2D eigenvalue weighted by molar-refractivity contribution is 0.435. The molecule has 2 heterocycles. The molecule has 1 saturated heterocycles. The van der Waals surface area contributed by atoms with Gasteiger partial charge < -0.3 is 4.98 Å². The third-order valence-electron chi connectivity index (χ3n) is 3.01. The highest BCUT2D eigenvalue weighted by atomic mass is 35.5. The molecule has 0 aromatic carbocycles. The monoisotopic (exact) mass is 326 g/mol. The molecule has 0 bridgehead atoms. The minimum atomic E-state index is -3.65. The summed E-state index contributed by atoms with van der Waals surface area (Å²) in [4.78, 5) is 2.90. The highest BCUT2D eigenvalue weighted by Crippen LogP contribution is 2.19. The topological polar surface area (TPSA) is 87.3 Å². The summed E-state index contributed by atoms with van der Waals surface area (Å²) in [6.45, 7) is 0.231. The van der Waals surface area contributed by atoms with Crippen LogP contribution >= 0.6 is 11.6 Å². The second kappa shape index (κ2) is 5.43. The van der Waals surface area contributed by atoms with Crippen LogP contribution in [0.2, 0.25) is 0 Å². The molecule has 2 rings (SSSR count). The van der Waals surface area contributed by atoms with E-state index >= 15 is 0 Å². The van der Waals surface area contributed by atoms with E-state index in [1.807, 2.05) is 0 Å². The van der Waals surface area contributed by atoms with Crippen LogP contribution in [0.3, 0.4) is 0 Å². The molecule has 1 aromatic rings. The second-order valence-electron chi connectivity index (χ2n) is 4.40. The Morgan fingerprint density at radius 3 is 2.68 bits per heavy atom. The van der Waals surface area contributed by atoms with Crippen molar-refractivity contribution in [3.63, 3.8) is 0 Å². The minimum Gasteiger partial charge on any atom is -0.363 e. The van der Waals surface area contributed by atoms with Crippen LogP contribution in [0, 0.1) is 0 Å². The van der Waals surface area contributed by atoms with Gasteiger partial charge in [-0.25, -0.2) is 16.8 Å². The van der Waals surface area contributed by atoms with Gasteiger partial charge in [0.2, 0.25) is 10.0 Å². The summed E-state index contributed by atoms with van der Waals surface area (Å²) in [7, 11) is -6.77. The Kier molecular flexibility index (Phi) is 4.24. The molecule has 9 heteroatoms. The first-order valence-corrected chi connectivity index (χ1v) is 9.58. The average Bonchev–Trinajstić information content (AvgIpc) is 2.75. The van der Waals surface area contributed by atoms with E-state index in [0.29, 0.717) is 12.1 Å². The predicted octanol–water partition coefficient (Wildman–Crippen LogP) is 0.563. The Hall–Kier alpha value is -0.570. The number of aromatic nitrogens is 1. The maximum absolute atomic E-state index is 12.3. The lowest BCUT2D eigenvalue weighted by Crippen LogP contribution is -2.33. The second-order valence-corrected chi connectivity index (χ2v) is 8.91. The molecule has 108 valence electrons. The number of sulfonamides is 1. The Morgan fingerprint density at radius 1 is 1.32 bits per heavy atom. The summed E-state index contributed by atoms with van der Waals surface area (Å²) in [6.07, 6.45) is 1.71. The maximum atomic E-state index is 12.3. The first-order chi connectivity index (χ1) is 8.85. The summed E-state index contributed by atoms with van der Waals surface area (Å²) in [5.74, 6) is 0.113. The van der Waals surface area contributed by atoms with Crippen molar-refractivity contribution in [2.75, 3.05) is 24.6 Å². The molecule has 1 fully saturated rings. The van der Waals surface area contributed by atoms with E-state index in [4.69, 9.17) is 11.6 Å². The van der Waals surface area contributed by atoms with Crippen molar-refractivity contribution in [1.29, 1.82) is 0 Å². The highest BCUT2D eigenvalue weighted by molar-refractivity contribution is 7.91. The zero-order valence-electron chi connectivity index (χ0n) is 10.2. The number of halogens is 1. The number of rotatable bonds is 3. The number of H-pyrrole nitrogens is 1. The lowest BCUT2D eigenvalue weighted by atomic mass is 10.5. The van der Waals surface area contributed by atoms with E-state index in [-0.39, 0.29) is 35.4 Å². The molecule has 0 radical (unpaired) electrons. The summed E-state index contributed by atoms with van der Waals surface area (Å²) in [6, 6.07) is 1.47. The average molecular weight is 327 g/mol. The van der Waals surface area contributed by atoms with Crippen LogP contribution in [-0.2, 0) is 25.7 Å². The summed E-state index contributed by atoms with van der Waals surface area (Å²) in [5.41, 5.74) is 0.614. The van der Waals surface area contributed by atoms with Crippen molar-refractivity contribution < 1.29 is 16.8 Å². The molecule has 0 atom stereocenters. The quantitative estimate of drug-likeness (QED) is 0.822. The molecule has 0 unspecified atom stereocenters. The van der Waals surface area contributed by atoms with Gasteiger partial charge in [-0.3, -0.25) is 0 Å². The van der Waals surface area contributed by atoms with Gasteiger partial charge >= 0.3 is 0 Å². The number of hydrogen-bond donors (Lipinski definition) is 1. The molecule has 1 N–H and O–H groups in total. The van der Waals surface area contributed by atoms with Gasteiger partial charge in [0.05, 0.1) is 22.3 Å². The lowest BCUT2D eigenvalue weighted by Gasteiger charge is -2.18. The Balaban J connectivity index is 2.24. The normalized spacial score (nSPS) is 21.1. The van der Waals surface area contributed by atoms with E-state index in [1.165, 1.54) is 16.6 Å². The SMILES string of the molecule is O=S1(=O)CCCN(S(=O)(=O)c2c[nH]c(CCl)c2)CC1. The number of alkyl halides is 1. The molecule has 0 aliphatic carbocycles. The molecular formula is C10H15ClN2O4S2. The summed E-state index contributed by atoms with van der Waals surface area (Å²) < 4.78 is 48.9. The highest BCUT2D eigenvalue weighted by Gasteiger charge is 2.29. The van der Waals surface area contributed by atoms with Crippen LogP contribution in [-0.4, -0.2) is 50.7 Å². The zero-order valence-corrected chi connectivity index (χ0v) is 12.6. The smallest absolute Gasteiger partial charge is 0.244 e. The van der Waals surface area contributed by atoms with Crippen molar-refractivity contribution in [3.05, 3.63) is 18.0 Å². The molecule has 0 spiro atoms. The fourth-order valence-corrected chi connectivity index (χ4v) is 4.99. The molecule has 19 heavy (non-hydrogen) atoms. The van der Waals surface area contributed by atoms with Crippen LogP contribution < -0.4 is 0 Å². The van der Waals surface area contributed by atoms with Gasteiger partial charge in [-0.2, -0.15) is 4.31 Å². The van der Waals surface area contributed by atoms with Crippen LogP contribution in [0.15, 0.2) is 17.2 Å². The van der Waals surface area contributed by atoms with Crippen molar-refractivity contribution in [2.45, 2.75) is 17.2 Å². The van der Waals surface area contributed by atoms with E-state index < -0.39 is 19.9 Å². The third-order valence-corrected chi connectivity index (χ3v) is 6.89. The number of nitrogens with one attached hydrogen (secondary N) is 1.